The standard InChI is InChI=1S/C18H19F2N5O4/c1-25-15(4-10(8-26)24-25)23-18-21-6-11(7-22-18)29-9-12-16(19)13(27-2)5-14(28-3)17(12)20/h4-7,26H,8-9H2,1-3H3,(H,21,22,23). The number of methoxy groups -OCH3 is 2. The molecule has 1 aromatic carbocycles. The number of aryl methyl sites for hydroxylation is 1. The molecule has 0 saturated carbocycles. The molecule has 9 nitrogen and oxygen atoms in total. The minimum absolute atomic E-state index is 0.156. The van der Waals surface area contributed by atoms with Gasteiger partial charge in [-0.15, -0.1) is 0 Å². The monoisotopic (exact) mass is 407 g/mol. The van der Waals surface area contributed by atoms with Gasteiger partial charge in [0.2, 0.25) is 5.95 Å². The van der Waals surface area contributed by atoms with Gasteiger partial charge in [-0.25, -0.2) is 18.7 Å². The van der Waals surface area contributed by atoms with Crippen molar-refractivity contribution >= 4 is 11.8 Å². The Balaban J connectivity index is 1.71. The maximum atomic E-state index is 14.4. The van der Waals surface area contributed by atoms with Gasteiger partial charge in [0.1, 0.15) is 12.4 Å². The molecule has 0 bridgehead atoms. The van der Waals surface area contributed by atoms with Gasteiger partial charge < -0.3 is 24.6 Å². The first-order chi connectivity index (χ1) is 14.0. The lowest BCUT2D eigenvalue weighted by atomic mass is 10.1. The van der Waals surface area contributed by atoms with E-state index < -0.39 is 18.2 Å². The van der Waals surface area contributed by atoms with Crippen LogP contribution in [0, 0.1) is 11.6 Å². The molecular weight excluding hydrogens is 388 g/mol. The van der Waals surface area contributed by atoms with Crippen LogP contribution in [-0.2, 0) is 20.3 Å². The number of aromatic nitrogens is 4. The van der Waals surface area contributed by atoms with Crippen molar-refractivity contribution < 1.29 is 28.1 Å². The fourth-order valence-corrected chi connectivity index (χ4v) is 2.51. The van der Waals surface area contributed by atoms with Crippen LogP contribution in [0.1, 0.15) is 11.3 Å². The van der Waals surface area contributed by atoms with Crippen LogP contribution in [0.2, 0.25) is 0 Å². The molecule has 0 unspecified atom stereocenters. The highest BCUT2D eigenvalue weighted by Crippen LogP contribution is 2.32. The molecular formula is C18H19F2N5O4. The van der Waals surface area contributed by atoms with Crippen molar-refractivity contribution in [2.45, 2.75) is 13.2 Å². The fraction of sp³-hybridized carbons (Fsp3) is 0.278. The second-order valence-corrected chi connectivity index (χ2v) is 5.85. The molecule has 0 aliphatic rings. The molecule has 3 aromatic rings. The summed E-state index contributed by atoms with van der Waals surface area (Å²) in [7, 11) is 4.24. The quantitative estimate of drug-likeness (QED) is 0.586. The van der Waals surface area contributed by atoms with Gasteiger partial charge in [-0.2, -0.15) is 5.10 Å². The molecule has 2 heterocycles. The number of halogens is 2. The van der Waals surface area contributed by atoms with Crippen molar-refractivity contribution in [1.29, 1.82) is 0 Å². The Labute approximate surface area is 164 Å². The largest absolute Gasteiger partial charge is 0.494 e. The number of ether oxygens (including phenoxy) is 3. The average molecular weight is 407 g/mol. The summed E-state index contributed by atoms with van der Waals surface area (Å²) in [5.74, 6) is -1.02. The van der Waals surface area contributed by atoms with Crippen molar-refractivity contribution in [3.05, 3.63) is 47.4 Å². The van der Waals surface area contributed by atoms with Crippen LogP contribution < -0.4 is 19.5 Å². The molecule has 0 fully saturated rings. The molecule has 0 aliphatic heterocycles. The number of anilines is 2. The molecule has 2 aromatic heterocycles. The lowest BCUT2D eigenvalue weighted by molar-refractivity contribution is 0.275. The Morgan fingerprint density at radius 1 is 1.07 bits per heavy atom. The maximum absolute atomic E-state index is 14.4. The van der Waals surface area contributed by atoms with E-state index >= 15 is 0 Å². The van der Waals surface area contributed by atoms with Crippen LogP contribution in [0.4, 0.5) is 20.5 Å². The van der Waals surface area contributed by atoms with Crippen LogP contribution >= 0.6 is 0 Å². The van der Waals surface area contributed by atoms with Gasteiger partial charge in [0.15, 0.2) is 28.9 Å². The van der Waals surface area contributed by atoms with Gasteiger partial charge in [-0.1, -0.05) is 0 Å². The first-order valence-corrected chi connectivity index (χ1v) is 8.41. The van der Waals surface area contributed by atoms with Crippen LogP contribution in [-0.4, -0.2) is 39.1 Å². The summed E-state index contributed by atoms with van der Waals surface area (Å²) in [6.07, 6.45) is 2.71. The third-order valence-corrected chi connectivity index (χ3v) is 4.01. The minimum atomic E-state index is -0.874. The van der Waals surface area contributed by atoms with Crippen molar-refractivity contribution in [1.82, 2.24) is 19.7 Å². The van der Waals surface area contributed by atoms with Gasteiger partial charge in [0.25, 0.3) is 0 Å². The van der Waals surface area contributed by atoms with E-state index in [1.54, 1.807) is 13.1 Å². The summed E-state index contributed by atoms with van der Waals surface area (Å²) >= 11 is 0. The molecule has 0 saturated heterocycles. The second kappa shape index (κ2) is 8.69. The number of aliphatic hydroxyl groups excluding tert-OH is 1. The van der Waals surface area contributed by atoms with Gasteiger partial charge in [0.05, 0.1) is 44.5 Å². The number of rotatable bonds is 8. The Bertz CT molecular complexity index is 967. The summed E-state index contributed by atoms with van der Waals surface area (Å²) in [4.78, 5) is 8.17. The molecule has 11 heteroatoms. The number of hydrogen-bond acceptors (Lipinski definition) is 8. The van der Waals surface area contributed by atoms with Gasteiger partial charge in [0, 0.05) is 19.2 Å². The van der Waals surface area contributed by atoms with E-state index in [1.807, 2.05) is 0 Å². The molecule has 154 valence electrons. The summed E-state index contributed by atoms with van der Waals surface area (Å²) in [5.41, 5.74) is 0.155. The SMILES string of the molecule is COc1cc(OC)c(F)c(COc2cnc(Nc3cc(CO)nn3C)nc2)c1F. The first kappa shape index (κ1) is 20.3. The van der Waals surface area contributed by atoms with E-state index in [2.05, 4.69) is 20.4 Å². The van der Waals surface area contributed by atoms with Gasteiger partial charge in [-0.05, 0) is 0 Å². The predicted octanol–water partition coefficient (Wildman–Crippen LogP) is 2.32. The van der Waals surface area contributed by atoms with Crippen LogP contribution in [0.3, 0.4) is 0 Å². The number of benzene rings is 1. The second-order valence-electron chi connectivity index (χ2n) is 5.85. The summed E-state index contributed by atoms with van der Waals surface area (Å²) in [6.45, 7) is -0.603. The number of nitrogens with zero attached hydrogens (tertiary/aromatic N) is 4. The highest BCUT2D eigenvalue weighted by atomic mass is 19.1. The molecule has 29 heavy (non-hydrogen) atoms. The third-order valence-electron chi connectivity index (χ3n) is 4.01. The smallest absolute Gasteiger partial charge is 0.228 e. The fourth-order valence-electron chi connectivity index (χ4n) is 2.51. The van der Waals surface area contributed by atoms with Crippen molar-refractivity contribution in [3.63, 3.8) is 0 Å². The van der Waals surface area contributed by atoms with Crippen LogP contribution in [0.15, 0.2) is 24.5 Å². The molecule has 0 atom stereocenters. The highest BCUT2D eigenvalue weighted by molar-refractivity contribution is 5.49. The molecule has 0 radical (unpaired) electrons. The van der Waals surface area contributed by atoms with E-state index in [1.165, 1.54) is 31.3 Å². The van der Waals surface area contributed by atoms with Crippen molar-refractivity contribution in [2.24, 2.45) is 7.05 Å². The molecule has 3 rings (SSSR count). The summed E-state index contributed by atoms with van der Waals surface area (Å²) in [5, 5.41) is 16.1. The maximum Gasteiger partial charge on any atom is 0.228 e. The highest BCUT2D eigenvalue weighted by Gasteiger charge is 2.20. The topological polar surface area (TPSA) is 104 Å². The number of hydrogen-bond donors (Lipinski definition) is 2. The average Bonchev–Trinajstić information content (AvgIpc) is 3.09. The van der Waals surface area contributed by atoms with E-state index in [0.29, 0.717) is 11.5 Å². The zero-order valence-electron chi connectivity index (χ0n) is 15.9. The van der Waals surface area contributed by atoms with Crippen LogP contribution in [0.25, 0.3) is 0 Å². The van der Waals surface area contributed by atoms with E-state index in [0.717, 1.165) is 6.07 Å². The molecule has 0 spiro atoms. The minimum Gasteiger partial charge on any atom is -0.494 e. The Morgan fingerprint density at radius 3 is 2.21 bits per heavy atom. The van der Waals surface area contributed by atoms with Gasteiger partial charge >= 0.3 is 0 Å². The van der Waals surface area contributed by atoms with Crippen molar-refractivity contribution in [3.8, 4) is 17.2 Å². The number of aliphatic hydroxyl groups is 1. The Hall–Kier alpha value is -3.47. The van der Waals surface area contributed by atoms with Crippen molar-refractivity contribution in [2.75, 3.05) is 19.5 Å². The lowest BCUT2D eigenvalue weighted by Crippen LogP contribution is -2.07. The Kier molecular flexibility index (Phi) is 6.07. The normalized spacial score (nSPS) is 10.7. The lowest BCUT2D eigenvalue weighted by Gasteiger charge is -2.13. The van der Waals surface area contributed by atoms with E-state index in [4.69, 9.17) is 19.3 Å². The summed E-state index contributed by atoms with van der Waals surface area (Å²) < 4.78 is 45.4. The molecule has 0 aliphatic carbocycles. The molecule has 2 N–H and O–H groups in total. The van der Waals surface area contributed by atoms with E-state index in [9.17, 15) is 8.78 Å². The zero-order valence-corrected chi connectivity index (χ0v) is 15.9. The van der Waals surface area contributed by atoms with Crippen LogP contribution in [0.5, 0.6) is 17.2 Å². The van der Waals surface area contributed by atoms with Gasteiger partial charge in [-0.3, -0.25) is 4.68 Å². The zero-order chi connectivity index (χ0) is 21.0. The molecule has 0 amide bonds. The number of nitrogens with one attached hydrogen (secondary N) is 1. The third kappa shape index (κ3) is 4.35. The summed E-state index contributed by atoms with van der Waals surface area (Å²) in [6, 6.07) is 2.77. The van der Waals surface area contributed by atoms with E-state index in [-0.39, 0.29) is 35.4 Å². The first-order valence-electron chi connectivity index (χ1n) is 8.41. The predicted molar refractivity (Wildman–Crippen MR) is 98.2 cm³/mol. The Morgan fingerprint density at radius 2 is 1.69 bits per heavy atom.